The van der Waals surface area contributed by atoms with Crippen LogP contribution in [0.25, 0.3) is 0 Å². The maximum atomic E-state index is 11.8. The van der Waals surface area contributed by atoms with Gasteiger partial charge in [-0.1, -0.05) is 6.92 Å². The molecule has 2 atom stereocenters. The van der Waals surface area contributed by atoms with Gasteiger partial charge in [0.05, 0.1) is 18.1 Å². The van der Waals surface area contributed by atoms with Crippen molar-refractivity contribution < 1.29 is 13.2 Å². The zero-order valence-electron chi connectivity index (χ0n) is 13.1. The van der Waals surface area contributed by atoms with Crippen LogP contribution in [-0.4, -0.2) is 62.4 Å². The van der Waals surface area contributed by atoms with E-state index in [0.29, 0.717) is 24.8 Å². The van der Waals surface area contributed by atoms with Crippen LogP contribution >= 0.6 is 0 Å². The summed E-state index contributed by atoms with van der Waals surface area (Å²) in [4.78, 5) is 18.1. The quantitative estimate of drug-likeness (QED) is 0.545. The van der Waals surface area contributed by atoms with Crippen LogP contribution in [0.5, 0.6) is 0 Å². The molecular formula is C14H26N4O3S. The van der Waals surface area contributed by atoms with Crippen LogP contribution in [-0.2, 0) is 14.6 Å². The highest BCUT2D eigenvalue weighted by Crippen LogP contribution is 2.15. The highest BCUT2D eigenvalue weighted by molar-refractivity contribution is 7.91. The second-order valence-electron chi connectivity index (χ2n) is 6.35. The number of hydrogen-bond acceptors (Lipinski definition) is 4. The molecule has 2 aliphatic heterocycles. The van der Waals surface area contributed by atoms with Crippen molar-refractivity contribution in [2.45, 2.75) is 38.6 Å². The minimum absolute atomic E-state index is 0.0514. The maximum absolute atomic E-state index is 11.8. The molecule has 1 amide bonds. The number of piperidine rings is 1. The van der Waals surface area contributed by atoms with Gasteiger partial charge in [0.15, 0.2) is 15.8 Å². The van der Waals surface area contributed by atoms with Gasteiger partial charge in [-0.05, 0) is 25.2 Å². The van der Waals surface area contributed by atoms with Gasteiger partial charge in [0.1, 0.15) is 0 Å². The molecule has 2 rings (SSSR count). The molecule has 7 nitrogen and oxygen atoms in total. The normalized spacial score (nSPS) is 28.6. The van der Waals surface area contributed by atoms with E-state index in [9.17, 15) is 13.2 Å². The molecule has 2 heterocycles. The zero-order chi connectivity index (χ0) is 16.2. The number of nitrogens with one attached hydrogen (secondary N) is 1. The Kier molecular flexibility index (Phi) is 5.66. The summed E-state index contributed by atoms with van der Waals surface area (Å²) >= 11 is 0. The first-order valence-corrected chi connectivity index (χ1v) is 9.72. The lowest BCUT2D eigenvalue weighted by atomic mass is 10.0. The van der Waals surface area contributed by atoms with Crippen LogP contribution in [0.3, 0.4) is 0 Å². The van der Waals surface area contributed by atoms with Gasteiger partial charge in [-0.15, -0.1) is 0 Å². The fraction of sp³-hybridized carbons (Fsp3) is 0.857. The molecule has 2 aliphatic rings. The van der Waals surface area contributed by atoms with Crippen LogP contribution in [0.15, 0.2) is 4.99 Å². The Balaban J connectivity index is 1.71. The first-order chi connectivity index (χ1) is 10.4. The summed E-state index contributed by atoms with van der Waals surface area (Å²) in [5.41, 5.74) is 5.96. The lowest BCUT2D eigenvalue weighted by molar-refractivity contribution is -0.121. The molecule has 3 N–H and O–H groups in total. The number of nitrogens with two attached hydrogens (primary N) is 1. The van der Waals surface area contributed by atoms with Gasteiger partial charge in [0.2, 0.25) is 5.91 Å². The minimum Gasteiger partial charge on any atom is -0.370 e. The van der Waals surface area contributed by atoms with E-state index in [1.54, 1.807) is 0 Å². The van der Waals surface area contributed by atoms with Crippen LogP contribution in [0.1, 0.15) is 32.6 Å². The molecule has 2 saturated heterocycles. The number of amides is 1. The van der Waals surface area contributed by atoms with E-state index in [1.165, 1.54) is 6.42 Å². The first kappa shape index (κ1) is 17.1. The van der Waals surface area contributed by atoms with Gasteiger partial charge >= 0.3 is 0 Å². The minimum atomic E-state index is -2.96. The fourth-order valence-electron chi connectivity index (χ4n) is 2.98. The largest absolute Gasteiger partial charge is 0.370 e. The molecule has 22 heavy (non-hydrogen) atoms. The molecule has 0 spiro atoms. The summed E-state index contributed by atoms with van der Waals surface area (Å²) in [5, 5.41) is 2.75. The molecule has 0 radical (unpaired) electrons. The van der Waals surface area contributed by atoms with E-state index in [0.717, 1.165) is 19.5 Å². The number of guanidine groups is 1. The third-order valence-electron chi connectivity index (χ3n) is 4.19. The number of sulfone groups is 1. The molecule has 2 fully saturated rings. The molecule has 2 unspecified atom stereocenters. The van der Waals surface area contributed by atoms with Crippen molar-refractivity contribution in [1.29, 1.82) is 0 Å². The molecule has 0 aliphatic carbocycles. The summed E-state index contributed by atoms with van der Waals surface area (Å²) in [5.74, 6) is 1.18. The molecule has 0 aromatic heterocycles. The molecule has 0 bridgehead atoms. The predicted molar refractivity (Wildman–Crippen MR) is 86.3 cm³/mol. The van der Waals surface area contributed by atoms with E-state index in [2.05, 4.69) is 22.1 Å². The summed E-state index contributed by atoms with van der Waals surface area (Å²) in [6, 6.07) is -0.248. The van der Waals surface area contributed by atoms with Gasteiger partial charge in [-0.25, -0.2) is 8.42 Å². The van der Waals surface area contributed by atoms with Crippen molar-refractivity contribution >= 4 is 21.7 Å². The predicted octanol–water partition coefficient (Wildman–Crippen LogP) is -0.274. The number of carbonyl (C=O) groups is 1. The number of aliphatic imine (C=N–C) groups is 1. The van der Waals surface area contributed by atoms with Crippen LogP contribution < -0.4 is 11.1 Å². The Labute approximate surface area is 132 Å². The van der Waals surface area contributed by atoms with Gasteiger partial charge in [-0.3, -0.25) is 9.79 Å². The van der Waals surface area contributed by atoms with Crippen molar-refractivity contribution in [2.75, 3.05) is 31.1 Å². The first-order valence-electron chi connectivity index (χ1n) is 7.90. The Morgan fingerprint density at radius 1 is 1.41 bits per heavy atom. The van der Waals surface area contributed by atoms with E-state index in [-0.39, 0.29) is 29.9 Å². The van der Waals surface area contributed by atoms with Crippen LogP contribution in [0.2, 0.25) is 0 Å². The maximum Gasteiger partial charge on any atom is 0.222 e. The Hall–Kier alpha value is -1.31. The van der Waals surface area contributed by atoms with Crippen molar-refractivity contribution in [3.8, 4) is 0 Å². The number of carbonyl (C=O) groups excluding carboxylic acids is 1. The van der Waals surface area contributed by atoms with Crippen LogP contribution in [0.4, 0.5) is 0 Å². The standard InChI is InChI=1S/C14H26N4O3S/c1-11-3-2-7-18(9-11)14(15)16-6-4-13(19)17-12-5-8-22(20,21)10-12/h11-12H,2-10H2,1H3,(H2,15,16)(H,17,19). The topological polar surface area (TPSA) is 105 Å². The van der Waals surface area contributed by atoms with Crippen molar-refractivity contribution in [3.63, 3.8) is 0 Å². The second-order valence-corrected chi connectivity index (χ2v) is 8.58. The number of likely N-dealkylation sites (tertiary alicyclic amines) is 1. The van der Waals surface area contributed by atoms with Gasteiger partial charge in [0.25, 0.3) is 0 Å². The number of rotatable bonds is 4. The third kappa shape index (κ3) is 5.15. The average Bonchev–Trinajstić information content (AvgIpc) is 2.77. The number of nitrogens with zero attached hydrogens (tertiary/aromatic N) is 2. The van der Waals surface area contributed by atoms with E-state index in [1.807, 2.05) is 0 Å². The van der Waals surface area contributed by atoms with E-state index >= 15 is 0 Å². The smallest absolute Gasteiger partial charge is 0.222 e. The van der Waals surface area contributed by atoms with E-state index < -0.39 is 9.84 Å². The molecule has 8 heteroatoms. The highest BCUT2D eigenvalue weighted by Gasteiger charge is 2.28. The highest BCUT2D eigenvalue weighted by atomic mass is 32.2. The second kappa shape index (κ2) is 7.30. The Morgan fingerprint density at radius 3 is 2.82 bits per heavy atom. The van der Waals surface area contributed by atoms with Gasteiger partial charge in [-0.2, -0.15) is 0 Å². The summed E-state index contributed by atoms with van der Waals surface area (Å²) in [6.45, 7) is 4.37. The monoisotopic (exact) mass is 330 g/mol. The molecule has 0 aromatic carbocycles. The van der Waals surface area contributed by atoms with Crippen molar-refractivity contribution in [3.05, 3.63) is 0 Å². The molecule has 126 valence electrons. The lowest BCUT2D eigenvalue weighted by Crippen LogP contribution is -2.43. The third-order valence-corrected chi connectivity index (χ3v) is 5.96. The zero-order valence-corrected chi connectivity index (χ0v) is 13.9. The fourth-order valence-corrected chi connectivity index (χ4v) is 4.65. The SMILES string of the molecule is CC1CCCN(C(N)=NCCC(=O)NC2CCS(=O)(=O)C2)C1. The molecule has 0 saturated carbocycles. The Bertz CT molecular complexity index is 532. The van der Waals surface area contributed by atoms with Crippen molar-refractivity contribution in [1.82, 2.24) is 10.2 Å². The number of hydrogen-bond donors (Lipinski definition) is 2. The molecule has 0 aromatic rings. The lowest BCUT2D eigenvalue weighted by Gasteiger charge is -2.31. The van der Waals surface area contributed by atoms with Crippen LogP contribution in [0, 0.1) is 5.92 Å². The van der Waals surface area contributed by atoms with Crippen molar-refractivity contribution in [2.24, 2.45) is 16.6 Å². The summed E-state index contributed by atoms with van der Waals surface area (Å²) in [6.07, 6.45) is 3.08. The summed E-state index contributed by atoms with van der Waals surface area (Å²) in [7, 11) is -2.96. The molecular weight excluding hydrogens is 304 g/mol. The Morgan fingerprint density at radius 2 is 2.18 bits per heavy atom. The van der Waals surface area contributed by atoms with E-state index in [4.69, 9.17) is 5.73 Å². The van der Waals surface area contributed by atoms with Gasteiger partial charge in [0, 0.05) is 25.6 Å². The average molecular weight is 330 g/mol. The summed E-state index contributed by atoms with van der Waals surface area (Å²) < 4.78 is 22.7. The van der Waals surface area contributed by atoms with Gasteiger partial charge < -0.3 is 16.0 Å².